The van der Waals surface area contributed by atoms with Crippen LogP contribution in [0.25, 0.3) is 11.5 Å². The van der Waals surface area contributed by atoms with Crippen LogP contribution in [0.15, 0.2) is 0 Å². The molecule has 0 aliphatic heterocycles. The van der Waals surface area contributed by atoms with E-state index < -0.39 is 24.6 Å². The molecule has 10 heavy (non-hydrogen) atoms. The standard InChI is InChI=1S/C4H12N2Si.2ClH.Pt/c1-7(2,3-5)4-6;;;/h5-6H,3-4H2,1-2H3;2*1H;/q-2;;;+2/p-2. The van der Waals surface area contributed by atoms with E-state index in [0.717, 1.165) is 0 Å². The van der Waals surface area contributed by atoms with Crippen molar-refractivity contribution < 1.29 is 16.5 Å². The molecule has 2 nitrogen and oxygen atoms in total. The molecule has 6 heteroatoms. The third-order valence-electron chi connectivity index (χ3n) is 0.957. The Balaban J connectivity index is 0. The van der Waals surface area contributed by atoms with E-state index in [2.05, 4.69) is 13.1 Å². The Hall–Kier alpha value is 1.41. The van der Waals surface area contributed by atoms with E-state index in [4.69, 9.17) is 30.3 Å². The van der Waals surface area contributed by atoms with Crippen LogP contribution in [0.5, 0.6) is 0 Å². The molecule has 0 bridgehead atoms. The molecule has 0 aromatic heterocycles. The first-order valence-corrected chi connectivity index (χ1v) is 11.7. The predicted octanol–water partition coefficient (Wildman–Crippen LogP) is 3.25. The zero-order valence-corrected chi connectivity index (χ0v) is 10.8. The van der Waals surface area contributed by atoms with Crippen LogP contribution in [0.2, 0.25) is 13.1 Å². The third-order valence-corrected chi connectivity index (χ3v) is 2.87. The molecule has 68 valence electrons. The van der Waals surface area contributed by atoms with Crippen molar-refractivity contribution in [3.05, 3.63) is 11.5 Å². The van der Waals surface area contributed by atoms with E-state index in [1.807, 2.05) is 0 Å². The number of hydrogen-bond donors (Lipinski definition) is 0. The number of halogens is 2. The second-order valence-electron chi connectivity index (χ2n) is 2.56. The second-order valence-corrected chi connectivity index (χ2v) is 10.9. The molecule has 0 aliphatic rings. The number of hydrogen-bond acceptors (Lipinski definition) is 0. The van der Waals surface area contributed by atoms with E-state index in [-0.39, 0.29) is 0 Å². The van der Waals surface area contributed by atoms with Gasteiger partial charge in [-0.15, -0.1) is 0 Å². The van der Waals surface area contributed by atoms with Crippen molar-refractivity contribution in [1.82, 2.24) is 0 Å². The van der Waals surface area contributed by atoms with Gasteiger partial charge in [-0.3, -0.25) is 0 Å². The molecule has 0 unspecified atom stereocenters. The van der Waals surface area contributed by atoms with Gasteiger partial charge in [0, 0.05) is 8.07 Å². The van der Waals surface area contributed by atoms with Gasteiger partial charge in [-0.2, -0.15) is 12.3 Å². The summed E-state index contributed by atoms with van der Waals surface area (Å²) in [4.78, 5) is 0. The average molecular weight is 382 g/mol. The van der Waals surface area contributed by atoms with Crippen molar-refractivity contribution in [3.8, 4) is 0 Å². The first-order valence-electron chi connectivity index (χ1n) is 2.65. The summed E-state index contributed by atoms with van der Waals surface area (Å²) in [5.41, 5.74) is 13.9. The Morgan fingerprint density at radius 3 is 1.40 bits per heavy atom. The maximum absolute atomic E-state index is 6.95. The van der Waals surface area contributed by atoms with Crippen LogP contribution < -0.4 is 0 Å². The number of rotatable bonds is 2. The maximum atomic E-state index is 6.95. The molecule has 0 radical (unpaired) electrons. The monoisotopic (exact) mass is 381 g/mol. The van der Waals surface area contributed by atoms with E-state index >= 15 is 0 Å². The van der Waals surface area contributed by atoms with E-state index in [0.29, 0.717) is 12.3 Å². The van der Waals surface area contributed by atoms with E-state index in [9.17, 15) is 0 Å². The van der Waals surface area contributed by atoms with Gasteiger partial charge in [-0.1, -0.05) is 13.1 Å². The SMILES string of the molecule is C[Si](C)(C[NH-])C[NH-].[Cl][Pt][Cl]. The Morgan fingerprint density at radius 1 is 1.20 bits per heavy atom. The van der Waals surface area contributed by atoms with Crippen LogP contribution >= 0.6 is 18.8 Å². The Kier molecular flexibility index (Phi) is 11.9. The second kappa shape index (κ2) is 8.50. The number of nitrogens with one attached hydrogen (secondary N) is 2. The molecule has 0 fully saturated rings. The molecule has 2 N–H and O–H groups in total. The summed E-state index contributed by atoms with van der Waals surface area (Å²) < 4.78 is 0. The van der Waals surface area contributed by atoms with Crippen molar-refractivity contribution in [2.24, 2.45) is 0 Å². The summed E-state index contributed by atoms with van der Waals surface area (Å²) in [6, 6.07) is 0. The predicted molar refractivity (Wildman–Crippen MR) is 47.6 cm³/mol. The van der Waals surface area contributed by atoms with Crippen LogP contribution in [-0.2, 0) is 16.5 Å². The molecule has 0 rings (SSSR count). The van der Waals surface area contributed by atoms with Gasteiger partial charge in [-0.05, 0) is 0 Å². The zero-order chi connectivity index (χ0) is 8.62. The Morgan fingerprint density at radius 2 is 1.40 bits per heavy atom. The summed E-state index contributed by atoms with van der Waals surface area (Å²) in [7, 11) is 8.43. The van der Waals surface area contributed by atoms with Crippen molar-refractivity contribution in [2.45, 2.75) is 13.1 Å². The van der Waals surface area contributed by atoms with Gasteiger partial charge in [0.2, 0.25) is 0 Å². The summed E-state index contributed by atoms with van der Waals surface area (Å²) in [5.74, 6) is 0. The minimum atomic E-state index is -1.32. The van der Waals surface area contributed by atoms with Gasteiger partial charge in [0.15, 0.2) is 0 Å². The molecule has 0 amide bonds. The fourth-order valence-electron chi connectivity index (χ4n) is 0.0625. The fourth-order valence-corrected chi connectivity index (χ4v) is 0.187. The first kappa shape index (κ1) is 14.0. The van der Waals surface area contributed by atoms with Crippen LogP contribution in [-0.4, -0.2) is 20.4 Å². The van der Waals surface area contributed by atoms with E-state index in [1.54, 1.807) is 0 Å². The molecule has 0 aliphatic carbocycles. The van der Waals surface area contributed by atoms with Gasteiger partial charge in [0.25, 0.3) is 0 Å². The molecule has 0 atom stereocenters. The molecular weight excluding hydrogens is 370 g/mol. The van der Waals surface area contributed by atoms with Crippen LogP contribution in [0.1, 0.15) is 0 Å². The molecule has 0 saturated heterocycles. The quantitative estimate of drug-likeness (QED) is 0.659. The Bertz CT molecular complexity index is 68.3. The van der Waals surface area contributed by atoms with Crippen molar-refractivity contribution in [1.29, 1.82) is 0 Å². The molecular formula is C4H12Cl2N2PtSi-2. The van der Waals surface area contributed by atoms with Gasteiger partial charge in [-0.25, -0.2) is 0 Å². The normalized spacial score (nSPS) is 10.6. The van der Waals surface area contributed by atoms with Gasteiger partial charge >= 0.3 is 35.3 Å². The average Bonchev–Trinajstić information content (AvgIpc) is 1.90. The summed E-state index contributed by atoms with van der Waals surface area (Å²) >= 11 is -0.472. The third kappa shape index (κ3) is 12.1. The van der Waals surface area contributed by atoms with Crippen molar-refractivity contribution >= 4 is 26.9 Å². The van der Waals surface area contributed by atoms with Crippen LogP contribution in [0.3, 0.4) is 0 Å². The molecule has 0 heterocycles. The van der Waals surface area contributed by atoms with Crippen molar-refractivity contribution in [3.63, 3.8) is 0 Å². The van der Waals surface area contributed by atoms with Gasteiger partial charge in [0.1, 0.15) is 0 Å². The van der Waals surface area contributed by atoms with Crippen LogP contribution in [0.4, 0.5) is 0 Å². The zero-order valence-electron chi connectivity index (χ0n) is 5.99. The minimum absolute atomic E-state index is 0.472. The van der Waals surface area contributed by atoms with Gasteiger partial charge < -0.3 is 11.5 Å². The van der Waals surface area contributed by atoms with Crippen molar-refractivity contribution in [2.75, 3.05) is 12.3 Å². The molecule has 0 spiro atoms. The summed E-state index contributed by atoms with van der Waals surface area (Å²) in [6.45, 7) is 4.12. The molecule has 0 aromatic carbocycles. The molecule has 0 saturated carbocycles. The van der Waals surface area contributed by atoms with E-state index in [1.165, 1.54) is 0 Å². The summed E-state index contributed by atoms with van der Waals surface area (Å²) in [6.07, 6.45) is 0.993. The van der Waals surface area contributed by atoms with Crippen LogP contribution in [0, 0.1) is 0 Å². The topological polar surface area (TPSA) is 47.6 Å². The summed E-state index contributed by atoms with van der Waals surface area (Å²) in [5, 5.41) is 0. The fraction of sp³-hybridized carbons (Fsp3) is 1.00. The molecule has 0 aromatic rings. The Labute approximate surface area is 80.0 Å². The van der Waals surface area contributed by atoms with Gasteiger partial charge in [0.05, 0.1) is 0 Å². The first-order chi connectivity index (χ1) is 4.54.